The highest BCUT2D eigenvalue weighted by molar-refractivity contribution is 9.10. The summed E-state index contributed by atoms with van der Waals surface area (Å²) >= 11 is 4.99. The molecule has 0 saturated heterocycles. The van der Waals surface area contributed by atoms with Gasteiger partial charge in [-0.3, -0.25) is 9.69 Å². The lowest BCUT2D eigenvalue weighted by Crippen LogP contribution is -2.39. The molecule has 0 spiro atoms. The van der Waals surface area contributed by atoms with Gasteiger partial charge in [0, 0.05) is 17.6 Å². The average Bonchev–Trinajstić information content (AvgIpc) is 3.03. The highest BCUT2D eigenvalue weighted by atomic mass is 79.9. The van der Waals surface area contributed by atoms with E-state index in [2.05, 4.69) is 20.9 Å². The number of hydrogen-bond acceptors (Lipinski definition) is 5. The van der Waals surface area contributed by atoms with E-state index < -0.39 is 0 Å². The van der Waals surface area contributed by atoms with Crippen molar-refractivity contribution in [3.8, 4) is 5.75 Å². The number of benzene rings is 2. The molecule has 0 N–H and O–H groups in total. The van der Waals surface area contributed by atoms with E-state index in [9.17, 15) is 4.79 Å². The van der Waals surface area contributed by atoms with Gasteiger partial charge in [0.1, 0.15) is 5.75 Å². The van der Waals surface area contributed by atoms with Gasteiger partial charge in [-0.25, -0.2) is 4.98 Å². The van der Waals surface area contributed by atoms with Crippen molar-refractivity contribution < 1.29 is 9.53 Å². The topological polar surface area (TPSA) is 45.7 Å². The van der Waals surface area contributed by atoms with E-state index in [1.54, 1.807) is 4.90 Å². The minimum absolute atomic E-state index is 0.0168. The third-order valence-electron chi connectivity index (χ3n) is 3.75. The molecule has 1 amide bonds. The number of carbonyl (C=O) groups is 1. The maximum absolute atomic E-state index is 12.8. The summed E-state index contributed by atoms with van der Waals surface area (Å²) in [5.74, 6) is 0.579. The number of nitrogens with zero attached hydrogens (tertiary/aromatic N) is 3. The van der Waals surface area contributed by atoms with Crippen LogP contribution in [0.2, 0.25) is 0 Å². The van der Waals surface area contributed by atoms with Gasteiger partial charge in [-0.2, -0.15) is 0 Å². The third-order valence-corrected chi connectivity index (χ3v) is 5.28. The molecule has 1 aromatic heterocycles. The summed E-state index contributed by atoms with van der Waals surface area (Å²) in [4.78, 5) is 21.2. The van der Waals surface area contributed by atoms with Gasteiger partial charge in [0.25, 0.3) is 5.91 Å². The Labute approximate surface area is 165 Å². The summed E-state index contributed by atoms with van der Waals surface area (Å²) in [6, 6.07) is 15.3. The Morgan fingerprint density at radius 3 is 2.65 bits per heavy atom. The number of likely N-dealkylation sites (N-methyl/N-ethyl adjacent to an activating group) is 1. The Balaban J connectivity index is 1.79. The second-order valence-electron chi connectivity index (χ2n) is 6.06. The third kappa shape index (κ3) is 4.81. The van der Waals surface area contributed by atoms with Crippen LogP contribution in [0.1, 0.15) is 0 Å². The summed E-state index contributed by atoms with van der Waals surface area (Å²) in [7, 11) is 3.97. The quantitative estimate of drug-likeness (QED) is 0.563. The average molecular weight is 434 g/mol. The maximum Gasteiger partial charge on any atom is 0.266 e. The van der Waals surface area contributed by atoms with Crippen molar-refractivity contribution in [2.75, 3.05) is 38.7 Å². The highest BCUT2D eigenvalue weighted by Crippen LogP contribution is 2.31. The number of para-hydroxylation sites is 1. The predicted octanol–water partition coefficient (Wildman–Crippen LogP) is 4.03. The molecule has 0 saturated carbocycles. The zero-order valence-electron chi connectivity index (χ0n) is 14.7. The molecule has 1 heterocycles. The number of anilines is 1. The van der Waals surface area contributed by atoms with Crippen LogP contribution in [-0.2, 0) is 4.79 Å². The Kier molecular flexibility index (Phi) is 6.24. The Hall–Kier alpha value is -1.96. The minimum Gasteiger partial charge on any atom is -0.484 e. The first-order chi connectivity index (χ1) is 12.5. The number of halogens is 1. The molecule has 0 unspecified atom stereocenters. The number of fused-ring (bicyclic) bond motifs is 1. The van der Waals surface area contributed by atoms with Crippen molar-refractivity contribution in [1.29, 1.82) is 0 Å². The second kappa shape index (κ2) is 8.62. The molecule has 0 aliphatic carbocycles. The molecule has 0 radical (unpaired) electrons. The van der Waals surface area contributed by atoms with Gasteiger partial charge in [-0.05, 0) is 44.4 Å². The molecular formula is C19H20BrN3O2S. The van der Waals surface area contributed by atoms with Gasteiger partial charge in [-0.1, -0.05) is 45.5 Å². The Bertz CT molecular complexity index is 883. The summed E-state index contributed by atoms with van der Waals surface area (Å²) in [6.45, 7) is 1.29. The lowest BCUT2D eigenvalue weighted by atomic mass is 10.3. The van der Waals surface area contributed by atoms with Crippen molar-refractivity contribution in [1.82, 2.24) is 9.88 Å². The van der Waals surface area contributed by atoms with E-state index in [0.29, 0.717) is 17.4 Å². The molecule has 5 nitrogen and oxygen atoms in total. The summed E-state index contributed by atoms with van der Waals surface area (Å²) in [5, 5.41) is 0.696. The smallest absolute Gasteiger partial charge is 0.266 e. The number of aromatic nitrogens is 1. The fourth-order valence-electron chi connectivity index (χ4n) is 2.37. The first kappa shape index (κ1) is 18.8. The zero-order valence-corrected chi connectivity index (χ0v) is 17.1. The predicted molar refractivity (Wildman–Crippen MR) is 110 cm³/mol. The fourth-order valence-corrected chi connectivity index (χ4v) is 3.93. The molecule has 136 valence electrons. The number of ether oxygens (including phenoxy) is 1. The standard InChI is InChI=1S/C19H20BrN3O2S/c1-22(2)10-11-23(18(24)13-25-15-6-4-3-5-7-15)19-21-16-9-8-14(20)12-17(16)26-19/h3-9,12H,10-11,13H2,1-2H3. The molecule has 7 heteroatoms. The zero-order chi connectivity index (χ0) is 18.5. The summed E-state index contributed by atoms with van der Waals surface area (Å²) in [5.41, 5.74) is 0.889. The summed E-state index contributed by atoms with van der Waals surface area (Å²) < 4.78 is 7.68. The second-order valence-corrected chi connectivity index (χ2v) is 7.98. The monoisotopic (exact) mass is 433 g/mol. The SMILES string of the molecule is CN(C)CCN(C(=O)COc1ccccc1)c1nc2ccc(Br)cc2s1. The van der Waals surface area contributed by atoms with E-state index >= 15 is 0 Å². The number of amides is 1. The van der Waals surface area contributed by atoms with Gasteiger partial charge < -0.3 is 9.64 Å². The van der Waals surface area contributed by atoms with E-state index in [0.717, 1.165) is 21.2 Å². The normalized spacial score (nSPS) is 11.1. The molecule has 3 rings (SSSR count). The number of hydrogen-bond donors (Lipinski definition) is 0. The molecule has 3 aromatic rings. The maximum atomic E-state index is 12.8. The van der Waals surface area contributed by atoms with Gasteiger partial charge in [0.15, 0.2) is 11.7 Å². The van der Waals surface area contributed by atoms with E-state index in [1.807, 2.05) is 67.5 Å². The van der Waals surface area contributed by atoms with Crippen molar-refractivity contribution in [2.45, 2.75) is 0 Å². The summed E-state index contributed by atoms with van der Waals surface area (Å²) in [6.07, 6.45) is 0. The lowest BCUT2D eigenvalue weighted by molar-refractivity contribution is -0.120. The Morgan fingerprint density at radius 1 is 1.15 bits per heavy atom. The van der Waals surface area contributed by atoms with E-state index in [1.165, 1.54) is 11.3 Å². The first-order valence-corrected chi connectivity index (χ1v) is 9.83. The molecule has 26 heavy (non-hydrogen) atoms. The molecule has 0 aliphatic rings. The van der Waals surface area contributed by atoms with E-state index in [-0.39, 0.29) is 12.5 Å². The lowest BCUT2D eigenvalue weighted by Gasteiger charge is -2.22. The van der Waals surface area contributed by atoms with Crippen LogP contribution in [0.4, 0.5) is 5.13 Å². The van der Waals surface area contributed by atoms with Gasteiger partial charge in [-0.15, -0.1) is 0 Å². The molecule has 0 bridgehead atoms. The highest BCUT2D eigenvalue weighted by Gasteiger charge is 2.20. The number of thiazole rings is 1. The van der Waals surface area contributed by atoms with E-state index in [4.69, 9.17) is 4.74 Å². The van der Waals surface area contributed by atoms with Crippen molar-refractivity contribution in [3.05, 3.63) is 53.0 Å². The Morgan fingerprint density at radius 2 is 1.92 bits per heavy atom. The largest absolute Gasteiger partial charge is 0.484 e. The molecule has 0 fully saturated rings. The van der Waals surface area contributed by atoms with Gasteiger partial charge in [0.2, 0.25) is 0 Å². The number of rotatable bonds is 7. The van der Waals surface area contributed by atoms with Crippen LogP contribution < -0.4 is 9.64 Å². The van der Waals surface area contributed by atoms with Crippen molar-refractivity contribution in [3.63, 3.8) is 0 Å². The van der Waals surface area contributed by atoms with Gasteiger partial charge >= 0.3 is 0 Å². The van der Waals surface area contributed by atoms with Crippen LogP contribution in [0, 0.1) is 0 Å². The molecule has 2 aromatic carbocycles. The molecular weight excluding hydrogens is 414 g/mol. The molecule has 0 aliphatic heterocycles. The minimum atomic E-state index is -0.103. The van der Waals surface area contributed by atoms with Crippen molar-refractivity contribution in [2.24, 2.45) is 0 Å². The van der Waals surface area contributed by atoms with Crippen molar-refractivity contribution >= 4 is 48.5 Å². The van der Waals surface area contributed by atoms with Crippen LogP contribution in [0.15, 0.2) is 53.0 Å². The number of carbonyl (C=O) groups excluding carboxylic acids is 1. The molecule has 0 atom stereocenters. The first-order valence-electron chi connectivity index (χ1n) is 8.22. The van der Waals surface area contributed by atoms with Crippen LogP contribution >= 0.6 is 27.3 Å². The van der Waals surface area contributed by atoms with Crippen LogP contribution in [0.3, 0.4) is 0 Å². The fraction of sp³-hybridized carbons (Fsp3) is 0.263. The van der Waals surface area contributed by atoms with Gasteiger partial charge in [0.05, 0.1) is 10.2 Å². The van der Waals surface area contributed by atoms with Crippen LogP contribution in [0.5, 0.6) is 5.75 Å². The van der Waals surface area contributed by atoms with Crippen LogP contribution in [0.25, 0.3) is 10.2 Å². The van der Waals surface area contributed by atoms with Crippen LogP contribution in [-0.4, -0.2) is 49.6 Å².